The highest BCUT2D eigenvalue weighted by Gasteiger charge is 2.40. The van der Waals surface area contributed by atoms with Crippen LogP contribution in [0.15, 0.2) is 97.3 Å². The van der Waals surface area contributed by atoms with Crippen LogP contribution in [0.4, 0.5) is 22.0 Å². The van der Waals surface area contributed by atoms with Gasteiger partial charge in [-0.3, -0.25) is 4.79 Å². The summed E-state index contributed by atoms with van der Waals surface area (Å²) in [6.07, 6.45) is -1.84. The summed E-state index contributed by atoms with van der Waals surface area (Å²) < 4.78 is 77.6. The number of rotatable bonds is 7. The van der Waals surface area contributed by atoms with Crippen molar-refractivity contribution in [3.8, 4) is 5.75 Å². The standard InChI is InChI=1S/C30H22F5N3O2/c1-40-27-17-20(9-10-25(27)32)29(18-19-6-3-2-4-7-19,21-14-22(30(33,34)35)16-23(31)15-21)37-28(39)24-8-5-13-38-26(24)11-12-36-38/h2-17H,18H2,1H3,(H,37,39)/t29-/m1/s1. The summed E-state index contributed by atoms with van der Waals surface area (Å²) in [4.78, 5) is 13.9. The van der Waals surface area contributed by atoms with Crippen LogP contribution in [0, 0.1) is 11.6 Å². The minimum Gasteiger partial charge on any atom is -0.494 e. The van der Waals surface area contributed by atoms with Gasteiger partial charge in [0.1, 0.15) is 5.82 Å². The maximum atomic E-state index is 14.9. The molecule has 1 amide bonds. The lowest BCUT2D eigenvalue weighted by Crippen LogP contribution is -2.49. The van der Waals surface area contributed by atoms with E-state index in [4.69, 9.17) is 4.74 Å². The van der Waals surface area contributed by atoms with Crippen LogP contribution in [-0.2, 0) is 18.1 Å². The van der Waals surface area contributed by atoms with Crippen LogP contribution in [-0.4, -0.2) is 22.6 Å². The van der Waals surface area contributed by atoms with Gasteiger partial charge >= 0.3 is 6.18 Å². The van der Waals surface area contributed by atoms with Gasteiger partial charge in [0.15, 0.2) is 11.6 Å². The van der Waals surface area contributed by atoms with E-state index >= 15 is 0 Å². The molecule has 0 spiro atoms. The molecule has 1 atom stereocenters. The predicted molar refractivity (Wildman–Crippen MR) is 138 cm³/mol. The molecule has 0 saturated heterocycles. The second-order valence-corrected chi connectivity index (χ2v) is 9.18. The van der Waals surface area contributed by atoms with Crippen LogP contribution in [0.25, 0.3) is 5.52 Å². The molecule has 0 fully saturated rings. The third kappa shape index (κ3) is 5.12. The first-order chi connectivity index (χ1) is 19.1. The molecule has 5 rings (SSSR count). The van der Waals surface area contributed by atoms with Crippen LogP contribution in [0.1, 0.15) is 32.6 Å². The number of nitrogens with one attached hydrogen (secondary N) is 1. The van der Waals surface area contributed by atoms with Crippen molar-refractivity contribution in [2.45, 2.75) is 18.1 Å². The number of halogens is 5. The summed E-state index contributed by atoms with van der Waals surface area (Å²) in [6, 6.07) is 19.2. The molecule has 3 aromatic carbocycles. The molecular formula is C30H22F5N3O2. The summed E-state index contributed by atoms with van der Waals surface area (Å²) in [6.45, 7) is 0. The fourth-order valence-electron chi connectivity index (χ4n) is 4.79. The van der Waals surface area contributed by atoms with Crippen molar-refractivity contribution < 1.29 is 31.5 Å². The quantitative estimate of drug-likeness (QED) is 0.233. The number of carbonyl (C=O) groups excluding carboxylic acids is 1. The number of benzene rings is 3. The van der Waals surface area contributed by atoms with Gasteiger partial charge in [-0.2, -0.15) is 18.3 Å². The van der Waals surface area contributed by atoms with E-state index in [1.54, 1.807) is 48.7 Å². The van der Waals surface area contributed by atoms with E-state index in [1.165, 1.54) is 36.0 Å². The second kappa shape index (κ2) is 10.4. The van der Waals surface area contributed by atoms with Crippen molar-refractivity contribution in [1.29, 1.82) is 0 Å². The SMILES string of the molecule is COc1cc([C@@](Cc2ccccc2)(NC(=O)c2cccn3nccc23)c2cc(F)cc(C(F)(F)F)c2)ccc1F. The molecule has 2 aromatic heterocycles. The molecule has 0 radical (unpaired) electrons. The van der Waals surface area contributed by atoms with Gasteiger partial charge in [-0.25, -0.2) is 13.3 Å². The van der Waals surface area contributed by atoms with Gasteiger partial charge < -0.3 is 10.1 Å². The maximum absolute atomic E-state index is 14.9. The first-order valence-electron chi connectivity index (χ1n) is 12.1. The van der Waals surface area contributed by atoms with Crippen LogP contribution >= 0.6 is 0 Å². The highest BCUT2D eigenvalue weighted by atomic mass is 19.4. The Labute approximate surface area is 225 Å². The summed E-state index contributed by atoms with van der Waals surface area (Å²) >= 11 is 0. The highest BCUT2D eigenvalue weighted by Crippen LogP contribution is 2.40. The Balaban J connectivity index is 1.80. The fraction of sp³-hybridized carbons (Fsp3) is 0.133. The molecular weight excluding hydrogens is 529 g/mol. The van der Waals surface area contributed by atoms with Gasteiger partial charge in [0.05, 0.1) is 35.5 Å². The average molecular weight is 552 g/mol. The van der Waals surface area contributed by atoms with Gasteiger partial charge in [-0.15, -0.1) is 0 Å². The van der Waals surface area contributed by atoms with Gasteiger partial charge in [-0.1, -0.05) is 36.4 Å². The van der Waals surface area contributed by atoms with Gasteiger partial charge in [0.25, 0.3) is 5.91 Å². The van der Waals surface area contributed by atoms with Gasteiger partial charge in [0.2, 0.25) is 0 Å². The number of ether oxygens (including phenoxy) is 1. The molecule has 0 bridgehead atoms. The van der Waals surface area contributed by atoms with Crippen molar-refractivity contribution in [1.82, 2.24) is 14.9 Å². The first-order valence-corrected chi connectivity index (χ1v) is 12.1. The number of amides is 1. The minimum absolute atomic E-state index is 0.0997. The smallest absolute Gasteiger partial charge is 0.416 e. The van der Waals surface area contributed by atoms with E-state index in [1.807, 2.05) is 0 Å². The summed E-state index contributed by atoms with van der Waals surface area (Å²) in [5.41, 5.74) is -1.80. The molecule has 5 nitrogen and oxygen atoms in total. The van der Waals surface area contributed by atoms with Gasteiger partial charge in [-0.05, 0) is 65.2 Å². The van der Waals surface area contributed by atoms with Crippen molar-refractivity contribution in [3.05, 3.63) is 137 Å². The van der Waals surface area contributed by atoms with Crippen molar-refractivity contribution >= 4 is 11.4 Å². The zero-order chi connectivity index (χ0) is 28.5. The zero-order valence-electron chi connectivity index (χ0n) is 21.0. The molecule has 0 unspecified atom stereocenters. The first kappa shape index (κ1) is 26.9. The van der Waals surface area contributed by atoms with E-state index in [-0.39, 0.29) is 28.9 Å². The molecule has 0 aliphatic rings. The van der Waals surface area contributed by atoms with Crippen LogP contribution in [0.5, 0.6) is 5.75 Å². The van der Waals surface area contributed by atoms with Crippen molar-refractivity contribution in [3.63, 3.8) is 0 Å². The Morgan fingerprint density at radius 1 is 0.900 bits per heavy atom. The lowest BCUT2D eigenvalue weighted by Gasteiger charge is -2.37. The van der Waals surface area contributed by atoms with E-state index in [2.05, 4.69) is 10.4 Å². The number of hydrogen-bond donors (Lipinski definition) is 1. The van der Waals surface area contributed by atoms with Crippen LogP contribution in [0.2, 0.25) is 0 Å². The lowest BCUT2D eigenvalue weighted by molar-refractivity contribution is -0.137. The monoisotopic (exact) mass is 551 g/mol. The highest BCUT2D eigenvalue weighted by molar-refractivity contribution is 6.01. The third-order valence-corrected chi connectivity index (χ3v) is 6.68. The molecule has 0 saturated carbocycles. The Morgan fingerprint density at radius 3 is 2.38 bits per heavy atom. The Hall–Kier alpha value is -4.73. The Bertz CT molecular complexity index is 1680. The van der Waals surface area contributed by atoms with Crippen molar-refractivity contribution in [2.24, 2.45) is 0 Å². The molecule has 10 heteroatoms. The third-order valence-electron chi connectivity index (χ3n) is 6.68. The normalized spacial score (nSPS) is 13.2. The largest absolute Gasteiger partial charge is 0.494 e. The number of hydrogen-bond acceptors (Lipinski definition) is 3. The number of alkyl halides is 3. The predicted octanol–water partition coefficient (Wildman–Crippen LogP) is 6.56. The zero-order valence-corrected chi connectivity index (χ0v) is 21.0. The topological polar surface area (TPSA) is 55.6 Å². The lowest BCUT2D eigenvalue weighted by atomic mass is 9.77. The Kier molecular flexibility index (Phi) is 7.01. The number of methoxy groups -OCH3 is 1. The molecule has 2 heterocycles. The van der Waals surface area contributed by atoms with Crippen LogP contribution in [0.3, 0.4) is 0 Å². The van der Waals surface area contributed by atoms with Crippen molar-refractivity contribution in [2.75, 3.05) is 7.11 Å². The molecule has 5 aromatic rings. The molecule has 1 N–H and O–H groups in total. The second-order valence-electron chi connectivity index (χ2n) is 9.18. The number of pyridine rings is 1. The Morgan fingerprint density at radius 2 is 1.65 bits per heavy atom. The van der Waals surface area contributed by atoms with E-state index in [0.717, 1.165) is 18.2 Å². The van der Waals surface area contributed by atoms with Gasteiger partial charge in [0, 0.05) is 12.6 Å². The molecule has 40 heavy (non-hydrogen) atoms. The summed E-state index contributed by atoms with van der Waals surface area (Å²) in [5, 5.41) is 7.02. The maximum Gasteiger partial charge on any atom is 0.416 e. The summed E-state index contributed by atoms with van der Waals surface area (Å²) in [7, 11) is 1.24. The number of aromatic nitrogens is 2. The average Bonchev–Trinajstić information content (AvgIpc) is 3.42. The fourth-order valence-corrected chi connectivity index (χ4v) is 4.79. The summed E-state index contributed by atoms with van der Waals surface area (Å²) in [5.74, 6) is -2.73. The van der Waals surface area contributed by atoms with Crippen LogP contribution < -0.4 is 10.1 Å². The van der Waals surface area contributed by atoms with E-state index in [9.17, 15) is 26.7 Å². The van der Waals surface area contributed by atoms with E-state index in [0.29, 0.717) is 17.1 Å². The number of carbonyl (C=O) groups is 1. The number of fused-ring (bicyclic) bond motifs is 1. The minimum atomic E-state index is -4.87. The van der Waals surface area contributed by atoms with E-state index < -0.39 is 34.8 Å². The molecule has 0 aliphatic heterocycles. The molecule has 0 aliphatic carbocycles. The molecule has 204 valence electrons. The number of nitrogens with zero attached hydrogens (tertiary/aromatic N) is 2.